The van der Waals surface area contributed by atoms with Crippen LogP contribution in [0.25, 0.3) is 0 Å². The van der Waals surface area contributed by atoms with E-state index in [4.69, 9.17) is 9.37 Å². The molecule has 0 aromatic rings. The summed E-state index contributed by atoms with van der Waals surface area (Å²) in [4.78, 5) is 9.15. The van der Waals surface area contributed by atoms with Gasteiger partial charge in [0.05, 0.1) is 0 Å². The highest BCUT2D eigenvalue weighted by molar-refractivity contribution is 7.62. The molecule has 0 aliphatic heterocycles. The third-order valence-electron chi connectivity index (χ3n) is 3.58. The van der Waals surface area contributed by atoms with Gasteiger partial charge >= 0.3 is 0 Å². The first kappa shape index (κ1) is 24.3. The summed E-state index contributed by atoms with van der Waals surface area (Å²) in [6.07, 6.45) is 0. The standard InChI is InChI=1S/C12H36N9P3/c1-16(2)23(17(3)4,18(5)6)14-13-22-15-24(19(7)8,20(9)10)21(11)12/h1-12H3. The van der Waals surface area contributed by atoms with Crippen LogP contribution in [0.15, 0.2) is 14.2 Å². The normalized spacial score (nSPS) is 14.2. The van der Waals surface area contributed by atoms with Crippen molar-refractivity contribution in [1.82, 2.24) is 28.0 Å². The van der Waals surface area contributed by atoms with Gasteiger partial charge in [-0.2, -0.15) is 4.52 Å². The summed E-state index contributed by atoms with van der Waals surface area (Å²) >= 11 is 0. The molecular formula is C12H36N9P3. The molecular weight excluding hydrogens is 363 g/mol. The summed E-state index contributed by atoms with van der Waals surface area (Å²) < 4.78 is 17.8. The van der Waals surface area contributed by atoms with Gasteiger partial charge in [0.25, 0.3) is 0 Å². The van der Waals surface area contributed by atoms with Crippen LogP contribution in [0.1, 0.15) is 0 Å². The molecule has 0 spiro atoms. The zero-order valence-corrected chi connectivity index (χ0v) is 20.0. The Balaban J connectivity index is 6.12. The second-order valence-corrected chi connectivity index (χ2v) is 14.7. The fourth-order valence-corrected chi connectivity index (χ4v) is 10.6. The van der Waals surface area contributed by atoms with Gasteiger partial charge in [-0.25, -0.2) is 0 Å². The minimum Gasteiger partial charge on any atom is -0.251 e. The van der Waals surface area contributed by atoms with Gasteiger partial charge in [0.2, 0.25) is 0 Å². The van der Waals surface area contributed by atoms with Crippen molar-refractivity contribution in [2.45, 2.75) is 0 Å². The molecule has 0 heterocycles. The number of rotatable bonds is 8. The summed E-state index contributed by atoms with van der Waals surface area (Å²) in [5.74, 6) is 0. The van der Waals surface area contributed by atoms with Crippen LogP contribution in [0.3, 0.4) is 0 Å². The SMILES string of the molecule is CN(C)P(=NN=PN=P(N(C)C)(N(C)C)N(C)C)(N(C)C)N(C)C. The summed E-state index contributed by atoms with van der Waals surface area (Å²) in [6.45, 7) is 0. The average molecular weight is 399 g/mol. The summed E-state index contributed by atoms with van der Waals surface area (Å²) in [7, 11) is 21.3. The fourth-order valence-electron chi connectivity index (χ4n) is 2.77. The van der Waals surface area contributed by atoms with Crippen LogP contribution in [-0.4, -0.2) is 113 Å². The van der Waals surface area contributed by atoms with Crippen molar-refractivity contribution in [3.63, 3.8) is 0 Å². The highest BCUT2D eigenvalue weighted by atomic mass is 31.2. The Labute approximate surface area is 150 Å². The Morgan fingerprint density at radius 3 is 1.04 bits per heavy atom. The second kappa shape index (κ2) is 9.86. The average Bonchev–Trinajstić information content (AvgIpc) is 2.40. The topological polar surface area (TPSA) is 56.5 Å². The van der Waals surface area contributed by atoms with Crippen molar-refractivity contribution in [3.8, 4) is 0 Å². The molecule has 0 atom stereocenters. The van der Waals surface area contributed by atoms with Crippen molar-refractivity contribution in [2.24, 2.45) is 14.2 Å². The van der Waals surface area contributed by atoms with Gasteiger partial charge < -0.3 is 0 Å². The Bertz CT molecular complexity index is 421. The molecule has 24 heavy (non-hydrogen) atoms. The molecule has 0 saturated carbocycles. The van der Waals surface area contributed by atoms with Gasteiger partial charge in [0.15, 0.2) is 23.5 Å². The van der Waals surface area contributed by atoms with E-state index in [1.165, 1.54) is 0 Å². The van der Waals surface area contributed by atoms with Gasteiger partial charge in [-0.05, 0) is 84.6 Å². The Morgan fingerprint density at radius 2 is 0.792 bits per heavy atom. The molecule has 144 valence electrons. The molecule has 0 radical (unpaired) electrons. The third kappa shape index (κ3) is 4.94. The van der Waals surface area contributed by atoms with Crippen LogP contribution in [0.2, 0.25) is 0 Å². The maximum Gasteiger partial charge on any atom is 0.192 e. The van der Waals surface area contributed by atoms with Crippen LogP contribution in [0.5, 0.6) is 0 Å². The molecule has 12 heteroatoms. The van der Waals surface area contributed by atoms with Crippen LogP contribution in [0, 0.1) is 0 Å². The van der Waals surface area contributed by atoms with Crippen molar-refractivity contribution in [1.29, 1.82) is 0 Å². The van der Waals surface area contributed by atoms with E-state index in [0.29, 0.717) is 8.52 Å². The van der Waals surface area contributed by atoms with E-state index >= 15 is 0 Å². The van der Waals surface area contributed by atoms with Gasteiger partial charge in [-0.1, -0.05) is 0 Å². The maximum atomic E-state index is 4.90. The first-order valence-corrected chi connectivity index (χ1v) is 11.6. The number of nitrogens with zero attached hydrogens (tertiary/aromatic N) is 9. The Kier molecular flexibility index (Phi) is 9.99. The molecule has 0 N–H and O–H groups in total. The number of hydrogen-bond donors (Lipinski definition) is 0. The van der Waals surface area contributed by atoms with Gasteiger partial charge in [-0.3, -0.25) is 28.0 Å². The zero-order valence-electron chi connectivity index (χ0n) is 17.4. The highest BCUT2D eigenvalue weighted by Gasteiger charge is 2.29. The summed E-state index contributed by atoms with van der Waals surface area (Å²) in [6, 6.07) is 0. The first-order valence-electron chi connectivity index (χ1n) is 7.57. The molecule has 0 unspecified atom stereocenters. The molecule has 0 aliphatic carbocycles. The quantitative estimate of drug-likeness (QED) is 0.462. The lowest BCUT2D eigenvalue weighted by molar-refractivity contribution is 0.472. The minimum absolute atomic E-state index is 0.624. The molecule has 0 bridgehead atoms. The fraction of sp³-hybridized carbons (Fsp3) is 1.00. The lowest BCUT2D eigenvalue weighted by atomic mass is 11.2. The van der Waals surface area contributed by atoms with Crippen molar-refractivity contribution < 1.29 is 0 Å². The molecule has 0 aromatic heterocycles. The Hall–Kier alpha value is 0.320. The van der Waals surface area contributed by atoms with Crippen LogP contribution in [-0.2, 0) is 0 Å². The molecule has 0 aromatic carbocycles. The largest absolute Gasteiger partial charge is 0.251 e. The predicted molar refractivity (Wildman–Crippen MR) is 110 cm³/mol. The maximum absolute atomic E-state index is 4.90. The molecule has 0 aliphatic rings. The number of hydrogen-bond acceptors (Lipinski definition) is 0. The lowest BCUT2D eigenvalue weighted by Crippen LogP contribution is -2.30. The van der Waals surface area contributed by atoms with E-state index in [2.05, 4.69) is 75.2 Å². The van der Waals surface area contributed by atoms with E-state index in [1.54, 1.807) is 0 Å². The van der Waals surface area contributed by atoms with Gasteiger partial charge in [-0.15, -0.1) is 9.71 Å². The van der Waals surface area contributed by atoms with Crippen molar-refractivity contribution >= 4 is 23.5 Å². The molecule has 0 saturated heterocycles. The van der Waals surface area contributed by atoms with E-state index in [-0.39, 0.29) is 0 Å². The summed E-state index contributed by atoms with van der Waals surface area (Å²) in [5.41, 5.74) is 0. The molecule has 0 fully saturated rings. The lowest BCUT2D eigenvalue weighted by Gasteiger charge is -2.40. The van der Waals surface area contributed by atoms with E-state index < -0.39 is 15.0 Å². The second-order valence-electron chi connectivity index (χ2n) is 6.51. The monoisotopic (exact) mass is 399 g/mol. The zero-order chi connectivity index (χ0) is 19.3. The van der Waals surface area contributed by atoms with Crippen LogP contribution in [0.4, 0.5) is 0 Å². The third-order valence-corrected chi connectivity index (χ3v) is 11.9. The van der Waals surface area contributed by atoms with E-state index in [0.717, 1.165) is 0 Å². The molecule has 9 nitrogen and oxygen atoms in total. The van der Waals surface area contributed by atoms with Gasteiger partial charge in [0, 0.05) is 0 Å². The van der Waals surface area contributed by atoms with Crippen molar-refractivity contribution in [3.05, 3.63) is 0 Å². The van der Waals surface area contributed by atoms with Crippen LogP contribution >= 0.6 is 23.5 Å². The van der Waals surface area contributed by atoms with Crippen molar-refractivity contribution in [2.75, 3.05) is 84.6 Å². The predicted octanol–water partition coefficient (Wildman–Crippen LogP) is 3.21. The Morgan fingerprint density at radius 1 is 0.500 bits per heavy atom. The highest BCUT2D eigenvalue weighted by Crippen LogP contribution is 2.58. The smallest absolute Gasteiger partial charge is 0.192 e. The van der Waals surface area contributed by atoms with E-state index in [9.17, 15) is 0 Å². The molecule has 0 amide bonds. The van der Waals surface area contributed by atoms with Gasteiger partial charge in [0.1, 0.15) is 0 Å². The van der Waals surface area contributed by atoms with Crippen LogP contribution < -0.4 is 0 Å². The van der Waals surface area contributed by atoms with E-state index in [1.807, 2.05) is 42.3 Å². The first-order chi connectivity index (χ1) is 10.9. The summed E-state index contributed by atoms with van der Waals surface area (Å²) in [5, 5.41) is 0. The minimum atomic E-state index is -2.00. The molecule has 0 rings (SSSR count).